The van der Waals surface area contributed by atoms with Gasteiger partial charge in [0, 0.05) is 31.7 Å². The fraction of sp³-hybridized carbons (Fsp3) is 0.545. The summed E-state index contributed by atoms with van der Waals surface area (Å²) in [7, 11) is 0. The quantitative estimate of drug-likeness (QED) is 0.587. The maximum atomic E-state index is 13.2. The van der Waals surface area contributed by atoms with Crippen molar-refractivity contribution in [2.75, 3.05) is 6.61 Å². The van der Waals surface area contributed by atoms with E-state index in [0.29, 0.717) is 24.3 Å². The van der Waals surface area contributed by atoms with E-state index >= 15 is 0 Å². The predicted molar refractivity (Wildman–Crippen MR) is 109 cm³/mol. The lowest BCUT2D eigenvalue weighted by molar-refractivity contribution is -0.143. The number of nitrogens with zero attached hydrogens (tertiary/aromatic N) is 1. The molecule has 1 aromatic carbocycles. The Morgan fingerprint density at radius 1 is 1.13 bits per heavy atom. The van der Waals surface area contributed by atoms with Crippen molar-refractivity contribution < 1.29 is 23.9 Å². The van der Waals surface area contributed by atoms with Crippen LogP contribution in [0.5, 0.6) is 0 Å². The summed E-state index contributed by atoms with van der Waals surface area (Å²) in [6, 6.07) is 4.70. The van der Waals surface area contributed by atoms with Crippen molar-refractivity contribution in [3.8, 4) is 0 Å². The molecule has 3 fully saturated rings. The van der Waals surface area contributed by atoms with Crippen LogP contribution in [-0.4, -0.2) is 58.9 Å². The number of fused-ring (bicyclic) bond motifs is 1. The maximum absolute atomic E-state index is 13.2. The number of amides is 4. The molecular formula is C22H26N4O5. The highest BCUT2D eigenvalue weighted by Crippen LogP contribution is 2.41. The summed E-state index contributed by atoms with van der Waals surface area (Å²) in [6.45, 7) is 1.12. The summed E-state index contributed by atoms with van der Waals surface area (Å²) in [5.74, 6) is -1.94. The monoisotopic (exact) mass is 426 g/mol. The topological polar surface area (TPSA) is 131 Å². The Hall–Kier alpha value is -2.62. The SMILES string of the molecule is NC1CC2(C1)CC(NCc1cccc3c1C(=O)N(C1CCC(=O)NC1=O)C3=O)CCO2. The van der Waals surface area contributed by atoms with Crippen molar-refractivity contribution in [1.29, 1.82) is 0 Å². The van der Waals surface area contributed by atoms with Crippen molar-refractivity contribution in [2.45, 2.75) is 68.8 Å². The van der Waals surface area contributed by atoms with Crippen molar-refractivity contribution in [3.63, 3.8) is 0 Å². The van der Waals surface area contributed by atoms with Crippen molar-refractivity contribution in [2.24, 2.45) is 5.73 Å². The van der Waals surface area contributed by atoms with E-state index in [1.807, 2.05) is 6.07 Å². The highest BCUT2D eigenvalue weighted by atomic mass is 16.5. The van der Waals surface area contributed by atoms with Crippen LogP contribution in [0.15, 0.2) is 18.2 Å². The fourth-order valence-corrected chi connectivity index (χ4v) is 5.37. The Bertz CT molecular complexity index is 965. The van der Waals surface area contributed by atoms with Gasteiger partial charge in [-0.1, -0.05) is 12.1 Å². The van der Waals surface area contributed by atoms with Gasteiger partial charge in [-0.15, -0.1) is 0 Å². The van der Waals surface area contributed by atoms with Gasteiger partial charge in [0.1, 0.15) is 6.04 Å². The Morgan fingerprint density at radius 3 is 2.68 bits per heavy atom. The second-order valence-electron chi connectivity index (χ2n) is 9.06. The average molecular weight is 426 g/mol. The number of nitrogens with two attached hydrogens (primary N) is 1. The van der Waals surface area contributed by atoms with Gasteiger partial charge < -0.3 is 15.8 Å². The molecule has 9 heteroatoms. The van der Waals surface area contributed by atoms with Crippen LogP contribution in [0.2, 0.25) is 0 Å². The second-order valence-corrected chi connectivity index (χ2v) is 9.06. The Kier molecular flexibility index (Phi) is 4.91. The van der Waals surface area contributed by atoms with Crippen LogP contribution in [0, 0.1) is 0 Å². The predicted octanol–water partition coefficient (Wildman–Crippen LogP) is 0.216. The first-order valence-electron chi connectivity index (χ1n) is 10.8. The minimum Gasteiger partial charge on any atom is -0.375 e. The fourth-order valence-electron chi connectivity index (χ4n) is 5.37. The van der Waals surface area contributed by atoms with Gasteiger partial charge in [-0.05, 0) is 43.7 Å². The lowest BCUT2D eigenvalue weighted by Gasteiger charge is -2.50. The number of nitrogens with one attached hydrogen (secondary N) is 2. The molecule has 2 atom stereocenters. The minimum atomic E-state index is -0.955. The van der Waals surface area contributed by atoms with Gasteiger partial charge in [-0.2, -0.15) is 0 Å². The summed E-state index contributed by atoms with van der Waals surface area (Å²) in [5.41, 5.74) is 7.22. The molecule has 1 spiro atoms. The van der Waals surface area contributed by atoms with Gasteiger partial charge >= 0.3 is 0 Å². The van der Waals surface area contributed by atoms with Crippen LogP contribution in [-0.2, 0) is 20.9 Å². The van der Waals surface area contributed by atoms with E-state index < -0.39 is 23.8 Å². The van der Waals surface area contributed by atoms with Crippen LogP contribution < -0.4 is 16.4 Å². The molecule has 2 unspecified atom stereocenters. The lowest BCUT2D eigenvalue weighted by atomic mass is 9.71. The summed E-state index contributed by atoms with van der Waals surface area (Å²) >= 11 is 0. The van der Waals surface area contributed by atoms with Crippen LogP contribution in [0.25, 0.3) is 0 Å². The van der Waals surface area contributed by atoms with E-state index in [0.717, 1.165) is 36.1 Å². The van der Waals surface area contributed by atoms with E-state index in [1.54, 1.807) is 12.1 Å². The molecule has 0 aromatic heterocycles. The Labute approximate surface area is 179 Å². The summed E-state index contributed by atoms with van der Waals surface area (Å²) in [5, 5.41) is 5.74. The van der Waals surface area contributed by atoms with Crippen LogP contribution >= 0.6 is 0 Å². The van der Waals surface area contributed by atoms with Gasteiger partial charge in [0.2, 0.25) is 11.8 Å². The summed E-state index contributed by atoms with van der Waals surface area (Å²) in [6.07, 6.45) is 3.76. The molecule has 4 amide bonds. The third-order valence-electron chi connectivity index (χ3n) is 6.90. The van der Waals surface area contributed by atoms with E-state index in [2.05, 4.69) is 10.6 Å². The molecule has 4 aliphatic rings. The highest BCUT2D eigenvalue weighted by Gasteiger charge is 2.48. The third kappa shape index (κ3) is 3.46. The van der Waals surface area contributed by atoms with Crippen LogP contribution in [0.3, 0.4) is 0 Å². The first-order chi connectivity index (χ1) is 14.9. The zero-order chi connectivity index (χ0) is 21.8. The number of benzene rings is 1. The molecule has 4 N–H and O–H groups in total. The molecule has 0 bridgehead atoms. The molecule has 2 saturated heterocycles. The Morgan fingerprint density at radius 2 is 1.94 bits per heavy atom. The third-order valence-corrected chi connectivity index (χ3v) is 6.90. The van der Waals surface area contributed by atoms with Gasteiger partial charge in [-0.25, -0.2) is 0 Å². The number of carbonyl (C=O) groups is 4. The van der Waals surface area contributed by atoms with E-state index in [9.17, 15) is 19.2 Å². The number of piperidine rings is 1. The molecule has 164 valence electrons. The largest absolute Gasteiger partial charge is 0.375 e. The second kappa shape index (κ2) is 7.51. The molecule has 1 aromatic rings. The van der Waals surface area contributed by atoms with Crippen molar-refractivity contribution >= 4 is 23.6 Å². The number of imide groups is 2. The molecule has 1 saturated carbocycles. The van der Waals surface area contributed by atoms with Crippen molar-refractivity contribution in [1.82, 2.24) is 15.5 Å². The van der Waals surface area contributed by atoms with Gasteiger partial charge in [0.05, 0.1) is 16.7 Å². The molecule has 1 aliphatic carbocycles. The van der Waals surface area contributed by atoms with Crippen LogP contribution in [0.4, 0.5) is 0 Å². The van der Waals surface area contributed by atoms with Crippen molar-refractivity contribution in [3.05, 3.63) is 34.9 Å². The zero-order valence-electron chi connectivity index (χ0n) is 17.2. The normalized spacial score (nSPS) is 32.8. The summed E-state index contributed by atoms with van der Waals surface area (Å²) in [4.78, 5) is 50.8. The van der Waals surface area contributed by atoms with Crippen LogP contribution in [0.1, 0.15) is 64.8 Å². The van der Waals surface area contributed by atoms with Gasteiger partial charge in [0.25, 0.3) is 11.8 Å². The number of hydrogen-bond donors (Lipinski definition) is 3. The van der Waals surface area contributed by atoms with Gasteiger partial charge in [0.15, 0.2) is 0 Å². The first-order valence-corrected chi connectivity index (χ1v) is 10.8. The Balaban J connectivity index is 1.31. The lowest BCUT2D eigenvalue weighted by Crippen LogP contribution is -2.58. The average Bonchev–Trinajstić information content (AvgIpc) is 2.97. The molecule has 3 heterocycles. The zero-order valence-corrected chi connectivity index (χ0v) is 17.2. The standard InChI is InChI=1S/C22H26N4O5/c23-13-8-22(9-13)10-14(6-7-31-22)24-11-12-2-1-3-15-18(12)21(30)26(20(15)29)16-4-5-17(27)25-19(16)28/h1-3,13-14,16,24H,4-11,23H2,(H,25,27,28). The summed E-state index contributed by atoms with van der Waals surface area (Å²) < 4.78 is 5.97. The molecule has 31 heavy (non-hydrogen) atoms. The number of carbonyl (C=O) groups excluding carboxylic acids is 4. The first kappa shape index (κ1) is 20.3. The number of ether oxygens (including phenoxy) is 1. The molecule has 3 aliphatic heterocycles. The maximum Gasteiger partial charge on any atom is 0.262 e. The van der Waals surface area contributed by atoms with E-state index in [-0.39, 0.29) is 36.4 Å². The molecule has 5 rings (SSSR count). The van der Waals surface area contributed by atoms with E-state index in [4.69, 9.17) is 10.5 Å². The van der Waals surface area contributed by atoms with E-state index in [1.165, 1.54) is 0 Å². The smallest absolute Gasteiger partial charge is 0.262 e. The highest BCUT2D eigenvalue weighted by molar-refractivity contribution is 6.24. The molecule has 0 radical (unpaired) electrons. The number of rotatable bonds is 4. The number of hydrogen-bond acceptors (Lipinski definition) is 7. The minimum absolute atomic E-state index is 0.105. The molecular weight excluding hydrogens is 400 g/mol. The van der Waals surface area contributed by atoms with Gasteiger partial charge in [-0.3, -0.25) is 29.4 Å². The molecule has 9 nitrogen and oxygen atoms in total.